The maximum atomic E-state index is 14.2. The van der Waals surface area contributed by atoms with Gasteiger partial charge in [0.15, 0.2) is 11.6 Å². The summed E-state index contributed by atoms with van der Waals surface area (Å²) in [6.45, 7) is 3.48. The predicted octanol–water partition coefficient (Wildman–Crippen LogP) is 3.45. The van der Waals surface area contributed by atoms with Gasteiger partial charge in [-0.1, -0.05) is 0 Å². The van der Waals surface area contributed by atoms with E-state index < -0.39 is 11.6 Å². The monoisotopic (exact) mass is 407 g/mol. The van der Waals surface area contributed by atoms with Gasteiger partial charge in [0, 0.05) is 43.0 Å². The van der Waals surface area contributed by atoms with Gasteiger partial charge in [0.2, 0.25) is 5.91 Å². The first-order chi connectivity index (χ1) is 14.5. The first-order valence-electron chi connectivity index (χ1n) is 9.74. The van der Waals surface area contributed by atoms with Crippen LogP contribution in [0, 0.1) is 5.82 Å². The number of hydrogen-bond donors (Lipinski definition) is 2. The average Bonchev–Trinajstić information content (AvgIpc) is 3.43. The number of aromatic hydroxyl groups is 1. The highest BCUT2D eigenvalue weighted by Crippen LogP contribution is 2.29. The molecule has 7 nitrogen and oxygen atoms in total. The standard InChI is InChI=1S/C22H22FN5O2/c1-15(29)26-24-12-17-10-16(11-21(23)22(17)30)18-13-25-28(14-18)20-6-4-19(5-7-20)27-8-2-3-9-27/h4-7,10-14,30H,2-3,8-9H2,1H3,(H,26,29). The van der Waals surface area contributed by atoms with E-state index >= 15 is 0 Å². The predicted molar refractivity (Wildman–Crippen MR) is 113 cm³/mol. The molecular formula is C22H22FN5O2. The van der Waals surface area contributed by atoms with Crippen LogP contribution in [0.5, 0.6) is 5.75 Å². The topological polar surface area (TPSA) is 82.8 Å². The maximum Gasteiger partial charge on any atom is 0.236 e. The molecule has 1 fully saturated rings. The lowest BCUT2D eigenvalue weighted by molar-refractivity contribution is -0.118. The Morgan fingerprint density at radius 2 is 1.87 bits per heavy atom. The van der Waals surface area contributed by atoms with Gasteiger partial charge in [-0.25, -0.2) is 14.5 Å². The lowest BCUT2D eigenvalue weighted by atomic mass is 10.1. The number of phenols is 1. The zero-order valence-corrected chi connectivity index (χ0v) is 16.5. The second-order valence-electron chi connectivity index (χ2n) is 7.21. The van der Waals surface area contributed by atoms with Crippen LogP contribution in [0.4, 0.5) is 10.1 Å². The first-order valence-corrected chi connectivity index (χ1v) is 9.74. The Morgan fingerprint density at radius 1 is 1.17 bits per heavy atom. The van der Waals surface area contributed by atoms with E-state index in [4.69, 9.17) is 0 Å². The van der Waals surface area contributed by atoms with E-state index in [1.54, 1.807) is 23.1 Å². The number of nitrogens with zero attached hydrogens (tertiary/aromatic N) is 4. The van der Waals surface area contributed by atoms with Crippen LogP contribution in [0.1, 0.15) is 25.3 Å². The number of amides is 1. The average molecular weight is 407 g/mol. The highest BCUT2D eigenvalue weighted by Gasteiger charge is 2.14. The molecule has 3 aromatic rings. The number of hydrogen-bond acceptors (Lipinski definition) is 5. The summed E-state index contributed by atoms with van der Waals surface area (Å²) in [5.41, 5.74) is 5.70. The van der Waals surface area contributed by atoms with Crippen molar-refractivity contribution in [3.63, 3.8) is 0 Å². The summed E-state index contributed by atoms with van der Waals surface area (Å²) in [6.07, 6.45) is 7.08. The Balaban J connectivity index is 1.58. The van der Waals surface area contributed by atoms with Crippen molar-refractivity contribution in [2.75, 3.05) is 18.0 Å². The number of nitrogens with one attached hydrogen (secondary N) is 1. The van der Waals surface area contributed by atoms with E-state index in [9.17, 15) is 14.3 Å². The minimum atomic E-state index is -0.778. The molecule has 1 saturated heterocycles. The summed E-state index contributed by atoms with van der Waals surface area (Å²) >= 11 is 0. The van der Waals surface area contributed by atoms with Crippen molar-refractivity contribution in [1.82, 2.24) is 15.2 Å². The minimum absolute atomic E-state index is 0.154. The Labute approximate surface area is 173 Å². The van der Waals surface area contributed by atoms with Gasteiger partial charge in [-0.15, -0.1) is 0 Å². The van der Waals surface area contributed by atoms with E-state index in [1.807, 2.05) is 12.1 Å². The van der Waals surface area contributed by atoms with Crippen molar-refractivity contribution in [2.45, 2.75) is 19.8 Å². The fourth-order valence-electron chi connectivity index (χ4n) is 3.48. The molecule has 1 amide bonds. The fourth-order valence-corrected chi connectivity index (χ4v) is 3.48. The molecule has 0 spiro atoms. The Morgan fingerprint density at radius 3 is 2.57 bits per heavy atom. The number of hydrazone groups is 1. The SMILES string of the molecule is CC(=O)NN=Cc1cc(-c2cnn(-c3ccc(N4CCCC4)cc3)c2)cc(F)c1O. The van der Waals surface area contributed by atoms with Gasteiger partial charge in [-0.2, -0.15) is 10.2 Å². The molecule has 0 aliphatic carbocycles. The molecule has 30 heavy (non-hydrogen) atoms. The molecule has 0 atom stereocenters. The molecule has 1 aliphatic rings. The lowest BCUT2D eigenvalue weighted by Crippen LogP contribution is -2.17. The van der Waals surface area contributed by atoms with Crippen LogP contribution < -0.4 is 10.3 Å². The summed E-state index contributed by atoms with van der Waals surface area (Å²) in [7, 11) is 0. The van der Waals surface area contributed by atoms with E-state index in [1.165, 1.54) is 37.7 Å². The third-order valence-corrected chi connectivity index (χ3v) is 5.02. The summed E-state index contributed by atoms with van der Waals surface area (Å²) < 4.78 is 15.9. The van der Waals surface area contributed by atoms with Gasteiger partial charge >= 0.3 is 0 Å². The van der Waals surface area contributed by atoms with E-state index in [0.717, 1.165) is 18.8 Å². The van der Waals surface area contributed by atoms with E-state index in [2.05, 4.69) is 32.7 Å². The smallest absolute Gasteiger partial charge is 0.236 e. The van der Waals surface area contributed by atoms with Crippen LogP contribution in [0.25, 0.3) is 16.8 Å². The number of phenolic OH excluding ortho intramolecular Hbond substituents is 1. The van der Waals surface area contributed by atoms with Crippen molar-refractivity contribution in [3.05, 3.63) is 60.2 Å². The third kappa shape index (κ3) is 4.17. The van der Waals surface area contributed by atoms with Crippen molar-refractivity contribution >= 4 is 17.8 Å². The molecule has 1 aliphatic heterocycles. The third-order valence-electron chi connectivity index (χ3n) is 5.02. The Hall–Kier alpha value is -3.68. The molecule has 0 unspecified atom stereocenters. The molecular weight excluding hydrogens is 385 g/mol. The second-order valence-corrected chi connectivity index (χ2v) is 7.21. The largest absolute Gasteiger partial charge is 0.504 e. The van der Waals surface area contributed by atoms with Crippen LogP contribution in [0.2, 0.25) is 0 Å². The van der Waals surface area contributed by atoms with E-state index in [-0.39, 0.29) is 11.5 Å². The number of carbonyl (C=O) groups is 1. The molecule has 8 heteroatoms. The molecule has 0 radical (unpaired) electrons. The highest BCUT2D eigenvalue weighted by atomic mass is 19.1. The van der Waals surface area contributed by atoms with Crippen LogP contribution >= 0.6 is 0 Å². The number of rotatable bonds is 5. The zero-order valence-electron chi connectivity index (χ0n) is 16.5. The Bertz CT molecular complexity index is 1090. The number of halogens is 1. The molecule has 0 saturated carbocycles. The molecule has 1 aromatic heterocycles. The Kier molecular flexibility index (Phi) is 5.47. The normalized spacial score (nSPS) is 13.9. The van der Waals surface area contributed by atoms with Crippen molar-refractivity contribution in [1.29, 1.82) is 0 Å². The van der Waals surface area contributed by atoms with Gasteiger partial charge in [0.25, 0.3) is 0 Å². The molecule has 2 aromatic carbocycles. The quantitative estimate of drug-likeness (QED) is 0.501. The summed E-state index contributed by atoms with van der Waals surface area (Å²) in [5, 5.41) is 18.0. The van der Waals surface area contributed by atoms with E-state index in [0.29, 0.717) is 11.1 Å². The van der Waals surface area contributed by atoms with Gasteiger partial charge < -0.3 is 10.0 Å². The molecule has 154 valence electrons. The lowest BCUT2D eigenvalue weighted by Gasteiger charge is -2.17. The summed E-state index contributed by atoms with van der Waals surface area (Å²) in [5.74, 6) is -1.67. The number of benzene rings is 2. The van der Waals surface area contributed by atoms with Gasteiger partial charge in [0.1, 0.15) is 0 Å². The van der Waals surface area contributed by atoms with Crippen LogP contribution in [-0.4, -0.2) is 40.1 Å². The second kappa shape index (κ2) is 8.36. The summed E-state index contributed by atoms with van der Waals surface area (Å²) in [4.78, 5) is 13.3. The fraction of sp³-hybridized carbons (Fsp3) is 0.227. The molecule has 2 N–H and O–H groups in total. The highest BCUT2D eigenvalue weighted by molar-refractivity contribution is 5.87. The molecule has 4 rings (SSSR count). The minimum Gasteiger partial charge on any atom is -0.504 e. The van der Waals surface area contributed by atoms with Crippen LogP contribution in [-0.2, 0) is 4.79 Å². The number of anilines is 1. The number of aromatic nitrogens is 2. The molecule has 0 bridgehead atoms. The van der Waals surface area contributed by atoms with Crippen molar-refractivity contribution in [2.24, 2.45) is 5.10 Å². The number of carbonyl (C=O) groups excluding carboxylic acids is 1. The summed E-state index contributed by atoms with van der Waals surface area (Å²) in [6, 6.07) is 11.0. The first kappa shape index (κ1) is 19.6. The van der Waals surface area contributed by atoms with Crippen molar-refractivity contribution in [3.8, 4) is 22.6 Å². The van der Waals surface area contributed by atoms with Gasteiger partial charge in [-0.05, 0) is 54.8 Å². The van der Waals surface area contributed by atoms with Gasteiger partial charge in [-0.3, -0.25) is 4.79 Å². The maximum absolute atomic E-state index is 14.2. The van der Waals surface area contributed by atoms with Crippen molar-refractivity contribution < 1.29 is 14.3 Å². The van der Waals surface area contributed by atoms with Gasteiger partial charge in [0.05, 0.1) is 18.1 Å². The van der Waals surface area contributed by atoms with Crippen LogP contribution in [0.3, 0.4) is 0 Å². The van der Waals surface area contributed by atoms with Crippen LogP contribution in [0.15, 0.2) is 53.9 Å². The zero-order chi connectivity index (χ0) is 21.1. The molecule has 2 heterocycles.